The number of hydrogen-bond acceptors (Lipinski definition) is 6. The lowest BCUT2D eigenvalue weighted by molar-refractivity contribution is -0.123. The van der Waals surface area contributed by atoms with Gasteiger partial charge in [-0.3, -0.25) is 4.79 Å². The highest BCUT2D eigenvalue weighted by Gasteiger charge is 2.09. The summed E-state index contributed by atoms with van der Waals surface area (Å²) in [6.07, 6.45) is 1.47. The molecule has 3 rings (SSSR count). The molecule has 0 spiro atoms. The summed E-state index contributed by atoms with van der Waals surface area (Å²) in [5, 5.41) is 4.41. The van der Waals surface area contributed by atoms with Gasteiger partial charge in [-0.05, 0) is 79.2 Å². The van der Waals surface area contributed by atoms with Gasteiger partial charge in [0, 0.05) is 5.02 Å². The lowest BCUT2D eigenvalue weighted by atomic mass is 10.2. The van der Waals surface area contributed by atoms with Crippen molar-refractivity contribution in [2.75, 3.05) is 13.2 Å². The van der Waals surface area contributed by atoms with Crippen LogP contribution in [-0.4, -0.2) is 31.3 Å². The number of carbonyl (C=O) groups is 2. The summed E-state index contributed by atoms with van der Waals surface area (Å²) in [6, 6.07) is 20.2. The molecule has 3 aromatic rings. The van der Waals surface area contributed by atoms with Gasteiger partial charge in [-0.15, -0.1) is 0 Å². The van der Waals surface area contributed by atoms with Crippen LogP contribution in [0.3, 0.4) is 0 Å². The Labute approximate surface area is 190 Å². The molecule has 0 unspecified atom stereocenters. The Morgan fingerprint density at radius 1 is 0.938 bits per heavy atom. The summed E-state index contributed by atoms with van der Waals surface area (Å²) < 4.78 is 16.0. The highest BCUT2D eigenvalue weighted by Crippen LogP contribution is 2.17. The van der Waals surface area contributed by atoms with Crippen LogP contribution in [0.15, 0.2) is 77.9 Å². The van der Waals surface area contributed by atoms with Gasteiger partial charge in [0.1, 0.15) is 17.2 Å². The first-order valence-corrected chi connectivity index (χ1v) is 10.2. The van der Waals surface area contributed by atoms with E-state index in [1.54, 1.807) is 72.8 Å². The van der Waals surface area contributed by atoms with E-state index in [9.17, 15) is 9.59 Å². The third kappa shape index (κ3) is 7.14. The molecule has 0 atom stereocenters. The molecule has 32 heavy (non-hydrogen) atoms. The van der Waals surface area contributed by atoms with Crippen LogP contribution >= 0.6 is 11.6 Å². The van der Waals surface area contributed by atoms with Crippen LogP contribution in [-0.2, 0) is 4.79 Å². The van der Waals surface area contributed by atoms with Crippen molar-refractivity contribution in [3.05, 3.63) is 88.9 Å². The summed E-state index contributed by atoms with van der Waals surface area (Å²) >= 11 is 5.86. The molecule has 0 aliphatic heterocycles. The first-order chi connectivity index (χ1) is 15.5. The van der Waals surface area contributed by atoms with Crippen molar-refractivity contribution in [1.82, 2.24) is 5.43 Å². The molecule has 0 aliphatic carbocycles. The third-order valence-electron chi connectivity index (χ3n) is 4.06. The second-order valence-corrected chi connectivity index (χ2v) is 6.89. The topological polar surface area (TPSA) is 86.2 Å². The Kier molecular flexibility index (Phi) is 8.22. The van der Waals surface area contributed by atoms with Crippen molar-refractivity contribution >= 4 is 29.7 Å². The van der Waals surface area contributed by atoms with Crippen molar-refractivity contribution in [3.63, 3.8) is 0 Å². The maximum Gasteiger partial charge on any atom is 0.343 e. The number of amides is 1. The summed E-state index contributed by atoms with van der Waals surface area (Å²) in [6.45, 7) is 2.25. The summed E-state index contributed by atoms with van der Waals surface area (Å²) in [7, 11) is 0. The Balaban J connectivity index is 1.45. The zero-order chi connectivity index (χ0) is 22.8. The first kappa shape index (κ1) is 22.8. The molecule has 0 saturated heterocycles. The fourth-order valence-electron chi connectivity index (χ4n) is 2.56. The van der Waals surface area contributed by atoms with E-state index in [-0.39, 0.29) is 6.61 Å². The molecule has 0 saturated carbocycles. The summed E-state index contributed by atoms with van der Waals surface area (Å²) in [4.78, 5) is 24.1. The average molecular weight is 453 g/mol. The van der Waals surface area contributed by atoms with E-state index < -0.39 is 11.9 Å². The molecule has 0 fully saturated rings. The fourth-order valence-corrected chi connectivity index (χ4v) is 2.74. The van der Waals surface area contributed by atoms with Gasteiger partial charge in [-0.25, -0.2) is 10.2 Å². The number of ether oxygens (including phenoxy) is 3. The van der Waals surface area contributed by atoms with Gasteiger partial charge >= 0.3 is 5.97 Å². The lowest BCUT2D eigenvalue weighted by Gasteiger charge is -2.06. The van der Waals surface area contributed by atoms with Gasteiger partial charge in [0.25, 0.3) is 5.91 Å². The van der Waals surface area contributed by atoms with Crippen molar-refractivity contribution in [1.29, 1.82) is 0 Å². The van der Waals surface area contributed by atoms with Gasteiger partial charge in [0.2, 0.25) is 0 Å². The lowest BCUT2D eigenvalue weighted by Crippen LogP contribution is -2.24. The first-order valence-electron chi connectivity index (χ1n) is 9.79. The van der Waals surface area contributed by atoms with E-state index in [4.69, 9.17) is 25.8 Å². The highest BCUT2D eigenvalue weighted by molar-refractivity contribution is 6.30. The predicted molar refractivity (Wildman–Crippen MR) is 122 cm³/mol. The molecule has 8 heteroatoms. The molecule has 1 N–H and O–H groups in total. The smallest absolute Gasteiger partial charge is 0.343 e. The van der Waals surface area contributed by atoms with Gasteiger partial charge < -0.3 is 14.2 Å². The van der Waals surface area contributed by atoms with E-state index in [0.29, 0.717) is 40.0 Å². The number of nitrogens with zero attached hydrogens (tertiary/aromatic N) is 1. The van der Waals surface area contributed by atoms with Gasteiger partial charge in [0.15, 0.2) is 6.61 Å². The molecule has 164 valence electrons. The number of hydrazone groups is 1. The quantitative estimate of drug-likeness (QED) is 0.224. The molecule has 0 heterocycles. The number of hydrogen-bond donors (Lipinski definition) is 1. The Bertz CT molecular complexity index is 1080. The van der Waals surface area contributed by atoms with Crippen LogP contribution < -0.4 is 19.6 Å². The van der Waals surface area contributed by atoms with Crippen LogP contribution in [0.25, 0.3) is 0 Å². The molecule has 0 bridgehead atoms. The Morgan fingerprint density at radius 2 is 1.66 bits per heavy atom. The molecular weight excluding hydrogens is 432 g/mol. The number of benzene rings is 3. The summed E-state index contributed by atoms with van der Waals surface area (Å²) in [5.41, 5.74) is 3.50. The second-order valence-electron chi connectivity index (χ2n) is 6.46. The van der Waals surface area contributed by atoms with Crippen molar-refractivity contribution in [3.8, 4) is 17.2 Å². The molecule has 3 aromatic carbocycles. The van der Waals surface area contributed by atoms with E-state index in [0.717, 1.165) is 0 Å². The number of esters is 1. The molecule has 0 radical (unpaired) electrons. The number of rotatable bonds is 9. The van der Waals surface area contributed by atoms with Gasteiger partial charge in [0.05, 0.1) is 18.4 Å². The van der Waals surface area contributed by atoms with E-state index in [1.165, 1.54) is 6.21 Å². The van der Waals surface area contributed by atoms with Crippen LogP contribution in [0.5, 0.6) is 17.2 Å². The number of nitrogens with one attached hydrogen (secondary N) is 1. The molecule has 0 aromatic heterocycles. The van der Waals surface area contributed by atoms with Crippen LogP contribution in [0.2, 0.25) is 5.02 Å². The fraction of sp³-hybridized carbons (Fsp3) is 0.125. The van der Waals surface area contributed by atoms with Gasteiger partial charge in [-0.1, -0.05) is 17.7 Å². The second kappa shape index (κ2) is 11.5. The van der Waals surface area contributed by atoms with E-state index >= 15 is 0 Å². The van der Waals surface area contributed by atoms with Crippen molar-refractivity contribution < 1.29 is 23.8 Å². The Morgan fingerprint density at radius 3 is 2.34 bits per heavy atom. The normalized spacial score (nSPS) is 10.6. The maximum atomic E-state index is 12.2. The minimum atomic E-state index is -0.471. The van der Waals surface area contributed by atoms with Crippen LogP contribution in [0, 0.1) is 0 Å². The van der Waals surface area contributed by atoms with Crippen LogP contribution in [0.1, 0.15) is 22.8 Å². The van der Waals surface area contributed by atoms with Gasteiger partial charge in [-0.2, -0.15) is 5.10 Å². The molecule has 0 aliphatic rings. The maximum absolute atomic E-state index is 12.2. The average Bonchev–Trinajstić information content (AvgIpc) is 2.79. The standard InChI is InChI=1S/C24H21ClN2O5/c1-2-30-20-12-8-18(9-13-20)24(29)32-21-10-6-17(7-11-21)15-26-27-23(28)16-31-22-5-3-4-19(25)14-22/h3-15H,2,16H2,1H3,(H,27,28). The number of halogens is 1. The zero-order valence-corrected chi connectivity index (χ0v) is 18.0. The summed E-state index contributed by atoms with van der Waals surface area (Å²) in [5.74, 6) is 0.686. The number of carbonyl (C=O) groups excluding carboxylic acids is 2. The third-order valence-corrected chi connectivity index (χ3v) is 4.30. The molecule has 7 nitrogen and oxygen atoms in total. The van der Waals surface area contributed by atoms with Crippen molar-refractivity contribution in [2.24, 2.45) is 5.10 Å². The Hall–Kier alpha value is -3.84. The molecule has 1 amide bonds. The minimum Gasteiger partial charge on any atom is -0.494 e. The molecular formula is C24H21ClN2O5. The zero-order valence-electron chi connectivity index (χ0n) is 17.3. The van der Waals surface area contributed by atoms with Crippen molar-refractivity contribution in [2.45, 2.75) is 6.92 Å². The largest absolute Gasteiger partial charge is 0.494 e. The minimum absolute atomic E-state index is 0.196. The van der Waals surface area contributed by atoms with E-state index in [2.05, 4.69) is 10.5 Å². The van der Waals surface area contributed by atoms with Crippen LogP contribution in [0.4, 0.5) is 0 Å². The monoisotopic (exact) mass is 452 g/mol. The SMILES string of the molecule is CCOc1ccc(C(=O)Oc2ccc(C=NNC(=O)COc3cccc(Cl)c3)cc2)cc1. The highest BCUT2D eigenvalue weighted by atomic mass is 35.5. The van der Waals surface area contributed by atoms with E-state index in [1.807, 2.05) is 6.92 Å². The predicted octanol–water partition coefficient (Wildman–Crippen LogP) is 4.49.